The maximum atomic E-state index is 12.8. The van der Waals surface area contributed by atoms with Gasteiger partial charge in [0.2, 0.25) is 5.91 Å². The average Bonchev–Trinajstić information content (AvgIpc) is 3.15. The number of ketones is 1. The first-order valence-corrected chi connectivity index (χ1v) is 12.6. The second kappa shape index (κ2) is 11.6. The molecule has 0 bridgehead atoms. The molecule has 0 fully saturated rings. The van der Waals surface area contributed by atoms with E-state index in [0.29, 0.717) is 29.6 Å². The SMILES string of the molecule is CC(=O)NCCc1nnc(SCC(=O)c2ccc(CC(C)C)cc2)n1-c1ccc(I)cc1. The van der Waals surface area contributed by atoms with E-state index in [9.17, 15) is 9.59 Å². The standard InChI is InChI=1S/C24H27IN4O2S/c1-16(2)14-18-4-6-19(7-5-18)22(31)15-32-24-28-27-23(12-13-26-17(3)30)29(24)21-10-8-20(25)9-11-21/h4-11,16H,12-15H2,1-3H3,(H,26,30). The highest BCUT2D eigenvalue weighted by Crippen LogP contribution is 2.24. The molecular weight excluding hydrogens is 535 g/mol. The van der Waals surface area contributed by atoms with Crippen LogP contribution in [0.2, 0.25) is 0 Å². The van der Waals surface area contributed by atoms with Crippen LogP contribution >= 0.6 is 34.4 Å². The van der Waals surface area contributed by atoms with Gasteiger partial charge >= 0.3 is 0 Å². The van der Waals surface area contributed by atoms with Gasteiger partial charge in [-0.05, 0) is 64.8 Å². The van der Waals surface area contributed by atoms with E-state index in [0.717, 1.165) is 21.5 Å². The second-order valence-corrected chi connectivity index (χ2v) is 10.1. The fourth-order valence-corrected chi connectivity index (χ4v) is 4.49. The Morgan fingerprint density at radius 2 is 1.75 bits per heavy atom. The van der Waals surface area contributed by atoms with Crippen LogP contribution in [-0.4, -0.2) is 38.8 Å². The number of halogens is 1. The molecule has 6 nitrogen and oxygen atoms in total. The molecule has 168 valence electrons. The largest absolute Gasteiger partial charge is 0.356 e. The van der Waals surface area contributed by atoms with Gasteiger partial charge < -0.3 is 5.32 Å². The summed E-state index contributed by atoms with van der Waals surface area (Å²) in [4.78, 5) is 24.0. The third kappa shape index (κ3) is 6.90. The zero-order chi connectivity index (χ0) is 23.1. The average molecular weight is 562 g/mol. The fraction of sp³-hybridized carbons (Fsp3) is 0.333. The number of Topliss-reactive ketones (excluding diaryl/α,β-unsaturated/α-hetero) is 1. The van der Waals surface area contributed by atoms with Gasteiger partial charge in [-0.1, -0.05) is 49.9 Å². The van der Waals surface area contributed by atoms with Crippen molar-refractivity contribution in [1.82, 2.24) is 20.1 Å². The summed E-state index contributed by atoms with van der Waals surface area (Å²) in [6.45, 7) is 6.34. The van der Waals surface area contributed by atoms with Gasteiger partial charge in [0.15, 0.2) is 10.9 Å². The van der Waals surface area contributed by atoms with Crippen molar-refractivity contribution >= 4 is 46.0 Å². The molecule has 0 aliphatic heterocycles. The minimum atomic E-state index is -0.0788. The summed E-state index contributed by atoms with van der Waals surface area (Å²) in [5.74, 6) is 1.58. The van der Waals surface area contributed by atoms with Crippen molar-refractivity contribution in [2.45, 2.75) is 38.8 Å². The van der Waals surface area contributed by atoms with E-state index in [4.69, 9.17) is 0 Å². The molecule has 0 aliphatic carbocycles. The highest BCUT2D eigenvalue weighted by Gasteiger charge is 2.17. The van der Waals surface area contributed by atoms with Crippen molar-refractivity contribution in [1.29, 1.82) is 0 Å². The number of hydrogen-bond acceptors (Lipinski definition) is 5. The summed E-state index contributed by atoms with van der Waals surface area (Å²) in [5, 5.41) is 12.1. The van der Waals surface area contributed by atoms with Crippen molar-refractivity contribution < 1.29 is 9.59 Å². The van der Waals surface area contributed by atoms with Gasteiger partial charge in [0.25, 0.3) is 0 Å². The monoisotopic (exact) mass is 562 g/mol. The minimum Gasteiger partial charge on any atom is -0.356 e. The topological polar surface area (TPSA) is 76.9 Å². The molecular formula is C24H27IN4O2S. The molecule has 3 aromatic rings. The number of carbonyl (C=O) groups excluding carboxylic acids is 2. The molecule has 1 aromatic heterocycles. The molecule has 0 saturated heterocycles. The summed E-state index contributed by atoms with van der Waals surface area (Å²) in [6.07, 6.45) is 1.55. The number of aromatic nitrogens is 3. The van der Waals surface area contributed by atoms with Crippen LogP contribution < -0.4 is 5.32 Å². The first-order chi connectivity index (χ1) is 15.3. The molecule has 0 spiro atoms. The number of nitrogens with one attached hydrogen (secondary N) is 1. The van der Waals surface area contributed by atoms with Crippen LogP contribution in [0.4, 0.5) is 0 Å². The fourth-order valence-electron chi connectivity index (χ4n) is 3.27. The van der Waals surface area contributed by atoms with Gasteiger partial charge in [-0.3, -0.25) is 14.2 Å². The minimum absolute atomic E-state index is 0.0584. The van der Waals surface area contributed by atoms with Crippen LogP contribution in [0.1, 0.15) is 42.5 Å². The van der Waals surface area contributed by atoms with Gasteiger partial charge in [-0.15, -0.1) is 10.2 Å². The zero-order valence-electron chi connectivity index (χ0n) is 18.5. The van der Waals surface area contributed by atoms with Crippen LogP contribution in [-0.2, 0) is 17.6 Å². The first kappa shape index (κ1) is 24.4. The molecule has 0 atom stereocenters. The van der Waals surface area contributed by atoms with E-state index in [2.05, 4.69) is 52.0 Å². The van der Waals surface area contributed by atoms with Gasteiger partial charge in [0.1, 0.15) is 5.82 Å². The van der Waals surface area contributed by atoms with Crippen molar-refractivity contribution in [3.8, 4) is 5.69 Å². The van der Waals surface area contributed by atoms with E-state index >= 15 is 0 Å². The molecule has 3 rings (SSSR count). The molecule has 8 heteroatoms. The highest BCUT2D eigenvalue weighted by molar-refractivity contribution is 14.1. The number of amides is 1. The lowest BCUT2D eigenvalue weighted by Gasteiger charge is -2.11. The molecule has 0 saturated carbocycles. The number of hydrogen-bond donors (Lipinski definition) is 1. The number of carbonyl (C=O) groups is 2. The molecule has 32 heavy (non-hydrogen) atoms. The summed E-state index contributed by atoms with van der Waals surface area (Å²) in [6, 6.07) is 15.9. The first-order valence-electron chi connectivity index (χ1n) is 10.5. The lowest BCUT2D eigenvalue weighted by atomic mass is 10.0. The molecule has 1 heterocycles. The Morgan fingerprint density at radius 3 is 2.38 bits per heavy atom. The zero-order valence-corrected chi connectivity index (χ0v) is 21.4. The van der Waals surface area contributed by atoms with Crippen LogP contribution in [0.25, 0.3) is 5.69 Å². The number of nitrogens with zero attached hydrogens (tertiary/aromatic N) is 3. The van der Waals surface area contributed by atoms with Crippen LogP contribution in [0.15, 0.2) is 53.7 Å². The van der Waals surface area contributed by atoms with E-state index < -0.39 is 0 Å². The van der Waals surface area contributed by atoms with Crippen LogP contribution in [0.5, 0.6) is 0 Å². The molecule has 1 amide bonds. The van der Waals surface area contributed by atoms with Crippen molar-refractivity contribution in [2.24, 2.45) is 5.92 Å². The van der Waals surface area contributed by atoms with Crippen LogP contribution in [0, 0.1) is 9.49 Å². The molecule has 1 N–H and O–H groups in total. The smallest absolute Gasteiger partial charge is 0.216 e. The lowest BCUT2D eigenvalue weighted by Crippen LogP contribution is -2.23. The normalized spacial score (nSPS) is 11.0. The van der Waals surface area contributed by atoms with Gasteiger partial charge in [0.05, 0.1) is 5.75 Å². The summed E-state index contributed by atoms with van der Waals surface area (Å²) < 4.78 is 3.09. The molecule has 0 unspecified atom stereocenters. The van der Waals surface area contributed by atoms with Crippen molar-refractivity contribution in [3.05, 3.63) is 69.1 Å². The van der Waals surface area contributed by atoms with Crippen molar-refractivity contribution in [3.63, 3.8) is 0 Å². The Bertz CT molecular complexity index is 1060. The second-order valence-electron chi connectivity index (χ2n) is 7.95. The maximum absolute atomic E-state index is 12.8. The van der Waals surface area contributed by atoms with Crippen molar-refractivity contribution in [2.75, 3.05) is 12.3 Å². The third-order valence-electron chi connectivity index (χ3n) is 4.76. The van der Waals surface area contributed by atoms with E-state index in [1.807, 2.05) is 53.1 Å². The molecule has 2 aromatic carbocycles. The van der Waals surface area contributed by atoms with Crippen LogP contribution in [0.3, 0.4) is 0 Å². The van der Waals surface area contributed by atoms with Gasteiger partial charge in [-0.2, -0.15) is 0 Å². The Balaban J connectivity index is 1.75. The highest BCUT2D eigenvalue weighted by atomic mass is 127. The van der Waals surface area contributed by atoms with E-state index in [-0.39, 0.29) is 17.4 Å². The Hall–Kier alpha value is -2.20. The van der Waals surface area contributed by atoms with E-state index in [1.165, 1.54) is 24.2 Å². The van der Waals surface area contributed by atoms with E-state index in [1.54, 1.807) is 0 Å². The number of thioether (sulfide) groups is 1. The predicted molar refractivity (Wildman–Crippen MR) is 137 cm³/mol. The lowest BCUT2D eigenvalue weighted by molar-refractivity contribution is -0.118. The van der Waals surface area contributed by atoms with Gasteiger partial charge in [-0.25, -0.2) is 0 Å². The predicted octanol–water partition coefficient (Wildman–Crippen LogP) is 4.72. The maximum Gasteiger partial charge on any atom is 0.216 e. The summed E-state index contributed by atoms with van der Waals surface area (Å²) in [5.41, 5.74) is 2.88. The number of rotatable bonds is 10. The van der Waals surface area contributed by atoms with Gasteiger partial charge in [0, 0.05) is 34.7 Å². The summed E-state index contributed by atoms with van der Waals surface area (Å²) >= 11 is 3.64. The third-order valence-corrected chi connectivity index (χ3v) is 6.41. The molecule has 0 aliphatic rings. The Kier molecular flexibility index (Phi) is 8.86. The quantitative estimate of drug-likeness (QED) is 0.220. The number of benzene rings is 2. The molecule has 0 radical (unpaired) electrons. The Morgan fingerprint density at radius 1 is 1.06 bits per heavy atom. The summed E-state index contributed by atoms with van der Waals surface area (Å²) in [7, 11) is 0. The Labute approximate surface area is 206 Å².